The van der Waals surface area contributed by atoms with Crippen LogP contribution in [0.2, 0.25) is 0 Å². The van der Waals surface area contributed by atoms with Crippen LogP contribution < -0.4 is 10.0 Å². The molecule has 140 valence electrons. The maximum absolute atomic E-state index is 14.3. The highest BCUT2D eigenvalue weighted by Gasteiger charge is 2.20. The quantitative estimate of drug-likeness (QED) is 0.645. The first-order valence-electron chi connectivity index (χ1n) is 7.87. The second-order valence-electron chi connectivity index (χ2n) is 5.81. The van der Waals surface area contributed by atoms with Gasteiger partial charge in [0.15, 0.2) is 11.6 Å². The smallest absolute Gasteiger partial charge is 0.261 e. The predicted octanol–water partition coefficient (Wildman–Crippen LogP) is 4.96. The Hall–Kier alpha value is -3.00. The average Bonchev–Trinajstić information content (AvgIpc) is 2.63. The average molecular weight is 392 g/mol. The zero-order chi connectivity index (χ0) is 19.6. The minimum Gasteiger partial charge on any atom is -0.349 e. The number of benzene rings is 3. The Bertz CT molecular complexity index is 1090. The van der Waals surface area contributed by atoms with Gasteiger partial charge < -0.3 is 5.32 Å². The van der Waals surface area contributed by atoms with E-state index in [0.29, 0.717) is 5.56 Å². The summed E-state index contributed by atoms with van der Waals surface area (Å²) in [5.41, 5.74) is -0.247. The number of anilines is 3. The van der Waals surface area contributed by atoms with Crippen LogP contribution in [0.15, 0.2) is 65.6 Å². The summed E-state index contributed by atoms with van der Waals surface area (Å²) in [4.78, 5) is -0.0535. The van der Waals surface area contributed by atoms with Gasteiger partial charge in [-0.2, -0.15) is 0 Å². The van der Waals surface area contributed by atoms with Gasteiger partial charge in [0.2, 0.25) is 0 Å². The van der Waals surface area contributed by atoms with E-state index in [0.717, 1.165) is 12.1 Å². The molecule has 0 bridgehead atoms. The number of hydrogen-bond donors (Lipinski definition) is 2. The van der Waals surface area contributed by atoms with E-state index in [1.165, 1.54) is 36.4 Å². The van der Waals surface area contributed by atoms with Crippen LogP contribution in [0.25, 0.3) is 0 Å². The highest BCUT2D eigenvalue weighted by molar-refractivity contribution is 7.92. The summed E-state index contributed by atoms with van der Waals surface area (Å²) in [5, 5.41) is 2.43. The van der Waals surface area contributed by atoms with Gasteiger partial charge in [0.05, 0.1) is 16.3 Å². The first-order chi connectivity index (χ1) is 12.8. The minimum absolute atomic E-state index is 0.0535. The Kier molecular flexibility index (Phi) is 5.09. The van der Waals surface area contributed by atoms with E-state index in [1.54, 1.807) is 19.1 Å². The van der Waals surface area contributed by atoms with E-state index in [2.05, 4.69) is 10.0 Å². The predicted molar refractivity (Wildman–Crippen MR) is 98.0 cm³/mol. The highest BCUT2D eigenvalue weighted by Crippen LogP contribution is 2.33. The topological polar surface area (TPSA) is 58.2 Å². The van der Waals surface area contributed by atoms with Gasteiger partial charge in [-0.05, 0) is 48.9 Å². The maximum atomic E-state index is 14.3. The van der Waals surface area contributed by atoms with Crippen molar-refractivity contribution in [1.29, 1.82) is 0 Å². The fourth-order valence-electron chi connectivity index (χ4n) is 2.42. The zero-order valence-corrected chi connectivity index (χ0v) is 14.9. The number of aryl methyl sites for hydroxylation is 1. The molecule has 3 aromatic carbocycles. The first-order valence-corrected chi connectivity index (χ1v) is 9.35. The van der Waals surface area contributed by atoms with Crippen LogP contribution in [0.4, 0.5) is 30.2 Å². The zero-order valence-electron chi connectivity index (χ0n) is 14.1. The van der Waals surface area contributed by atoms with Crippen molar-refractivity contribution < 1.29 is 21.6 Å². The molecule has 0 fully saturated rings. The molecule has 0 radical (unpaired) electrons. The fourth-order valence-corrected chi connectivity index (χ4v) is 3.51. The second kappa shape index (κ2) is 7.32. The van der Waals surface area contributed by atoms with Gasteiger partial charge in [-0.25, -0.2) is 21.6 Å². The second-order valence-corrected chi connectivity index (χ2v) is 7.49. The monoisotopic (exact) mass is 392 g/mol. The largest absolute Gasteiger partial charge is 0.349 e. The number of halogens is 3. The molecule has 0 saturated carbocycles. The highest BCUT2D eigenvalue weighted by atomic mass is 32.2. The van der Waals surface area contributed by atoms with Crippen LogP contribution in [-0.4, -0.2) is 8.42 Å². The summed E-state index contributed by atoms with van der Waals surface area (Å²) in [6.07, 6.45) is 0. The minimum atomic E-state index is -4.05. The van der Waals surface area contributed by atoms with Crippen molar-refractivity contribution >= 4 is 27.1 Å². The summed E-state index contributed by atoms with van der Waals surface area (Å²) in [5.74, 6) is -3.22. The van der Waals surface area contributed by atoms with Crippen molar-refractivity contribution in [2.24, 2.45) is 0 Å². The summed E-state index contributed by atoms with van der Waals surface area (Å²) < 4.78 is 69.3. The molecule has 3 aromatic rings. The molecular weight excluding hydrogens is 377 g/mol. The third-order valence-corrected chi connectivity index (χ3v) is 5.16. The normalized spacial score (nSPS) is 11.3. The van der Waals surface area contributed by atoms with Gasteiger partial charge in [-0.15, -0.1) is 0 Å². The Morgan fingerprint density at radius 2 is 1.48 bits per heavy atom. The van der Waals surface area contributed by atoms with Gasteiger partial charge in [-0.1, -0.05) is 24.3 Å². The van der Waals surface area contributed by atoms with E-state index < -0.39 is 33.2 Å². The molecule has 0 aliphatic rings. The van der Waals surface area contributed by atoms with E-state index in [1.807, 2.05) is 0 Å². The molecule has 0 spiro atoms. The third-order valence-electron chi connectivity index (χ3n) is 3.78. The first kappa shape index (κ1) is 18.8. The van der Waals surface area contributed by atoms with Crippen molar-refractivity contribution in [3.8, 4) is 0 Å². The molecule has 0 aliphatic heterocycles. The molecule has 0 aromatic heterocycles. The summed E-state index contributed by atoms with van der Waals surface area (Å²) >= 11 is 0. The lowest BCUT2D eigenvalue weighted by atomic mass is 10.2. The van der Waals surface area contributed by atoms with Gasteiger partial charge in [-0.3, -0.25) is 4.72 Å². The molecule has 3 rings (SSSR count). The van der Waals surface area contributed by atoms with Crippen LogP contribution >= 0.6 is 0 Å². The van der Waals surface area contributed by atoms with E-state index in [4.69, 9.17) is 0 Å². The Morgan fingerprint density at radius 1 is 0.815 bits per heavy atom. The number of rotatable bonds is 5. The summed E-state index contributed by atoms with van der Waals surface area (Å²) in [6.45, 7) is 1.68. The van der Waals surface area contributed by atoms with Gasteiger partial charge in [0.25, 0.3) is 10.0 Å². The molecular formula is C19H15F3N2O2S. The standard InChI is InChI=1S/C19H15F3N2O2S/c1-12-7-9-16(15(21)11-12)23-19-17(10-8-14(20)18(19)22)24-27(25,26)13-5-3-2-4-6-13/h2-11,23-24H,1H3. The van der Waals surface area contributed by atoms with Crippen molar-refractivity contribution in [1.82, 2.24) is 0 Å². The molecule has 0 amide bonds. The lowest BCUT2D eigenvalue weighted by Gasteiger charge is -2.16. The molecule has 0 aliphatic carbocycles. The summed E-state index contributed by atoms with van der Waals surface area (Å²) in [6, 6.07) is 13.4. The number of sulfonamides is 1. The Balaban J connectivity index is 2.03. The molecule has 0 saturated heterocycles. The van der Waals surface area contributed by atoms with Crippen molar-refractivity contribution in [3.05, 3.63) is 83.7 Å². The maximum Gasteiger partial charge on any atom is 0.261 e. The molecule has 27 heavy (non-hydrogen) atoms. The van der Waals surface area contributed by atoms with E-state index in [9.17, 15) is 21.6 Å². The fraction of sp³-hybridized carbons (Fsp3) is 0.0526. The van der Waals surface area contributed by atoms with Crippen LogP contribution in [0.3, 0.4) is 0 Å². The molecule has 2 N–H and O–H groups in total. The molecule has 0 atom stereocenters. The number of nitrogens with one attached hydrogen (secondary N) is 2. The van der Waals surface area contributed by atoms with Gasteiger partial charge in [0, 0.05) is 0 Å². The molecule has 4 nitrogen and oxygen atoms in total. The third kappa shape index (κ3) is 4.06. The Morgan fingerprint density at radius 3 is 2.15 bits per heavy atom. The molecule has 0 heterocycles. The van der Waals surface area contributed by atoms with Gasteiger partial charge >= 0.3 is 0 Å². The molecule has 0 unspecified atom stereocenters. The van der Waals surface area contributed by atoms with Crippen LogP contribution in [0, 0.1) is 24.4 Å². The SMILES string of the molecule is Cc1ccc(Nc2c(NS(=O)(=O)c3ccccc3)ccc(F)c2F)c(F)c1. The van der Waals surface area contributed by atoms with Crippen molar-refractivity contribution in [3.63, 3.8) is 0 Å². The Labute approximate surface area is 154 Å². The summed E-state index contributed by atoms with van der Waals surface area (Å²) in [7, 11) is -4.05. The van der Waals surface area contributed by atoms with E-state index >= 15 is 0 Å². The van der Waals surface area contributed by atoms with Crippen LogP contribution in [0.1, 0.15) is 5.56 Å². The van der Waals surface area contributed by atoms with Crippen molar-refractivity contribution in [2.75, 3.05) is 10.0 Å². The van der Waals surface area contributed by atoms with Crippen LogP contribution in [-0.2, 0) is 10.0 Å². The lowest BCUT2D eigenvalue weighted by Crippen LogP contribution is -2.15. The van der Waals surface area contributed by atoms with Gasteiger partial charge in [0.1, 0.15) is 11.5 Å². The van der Waals surface area contributed by atoms with Crippen LogP contribution in [0.5, 0.6) is 0 Å². The lowest BCUT2D eigenvalue weighted by molar-refractivity contribution is 0.512. The van der Waals surface area contributed by atoms with Crippen molar-refractivity contribution in [2.45, 2.75) is 11.8 Å². The number of hydrogen-bond acceptors (Lipinski definition) is 3. The van der Waals surface area contributed by atoms with E-state index in [-0.39, 0.29) is 16.3 Å². The molecule has 8 heteroatoms.